The molecule has 0 aliphatic carbocycles. The fourth-order valence-corrected chi connectivity index (χ4v) is 3.05. The van der Waals surface area contributed by atoms with Crippen LogP contribution in [-0.4, -0.2) is 35.1 Å². The molecule has 0 unspecified atom stereocenters. The van der Waals surface area contributed by atoms with Gasteiger partial charge in [0.25, 0.3) is 0 Å². The van der Waals surface area contributed by atoms with Gasteiger partial charge in [-0.3, -0.25) is 4.57 Å². The van der Waals surface area contributed by atoms with Crippen LogP contribution in [0.3, 0.4) is 0 Å². The van der Waals surface area contributed by atoms with Crippen molar-refractivity contribution < 1.29 is 14.4 Å². The first-order valence-corrected chi connectivity index (χ1v) is 8.39. The highest BCUT2D eigenvalue weighted by Gasteiger charge is 2.40. The second-order valence-electron chi connectivity index (χ2n) is 6.83. The number of fused-ring (bicyclic) bond motifs is 1. The van der Waals surface area contributed by atoms with Crippen LogP contribution in [0.15, 0.2) is 36.7 Å². The van der Waals surface area contributed by atoms with Crippen LogP contribution in [0.5, 0.6) is 11.8 Å². The van der Waals surface area contributed by atoms with Crippen molar-refractivity contribution in [2.75, 3.05) is 0 Å². The van der Waals surface area contributed by atoms with Crippen LogP contribution in [0.1, 0.15) is 18.2 Å². The third-order valence-corrected chi connectivity index (χ3v) is 4.22. The molecule has 4 rings (SSSR count). The quantitative estimate of drug-likeness (QED) is 0.483. The molecule has 140 valence electrons. The highest BCUT2D eigenvalue weighted by molar-refractivity contribution is 5.27. The normalized spacial score (nSPS) is 18.1. The van der Waals surface area contributed by atoms with Crippen molar-refractivity contribution in [3.63, 3.8) is 0 Å². The van der Waals surface area contributed by atoms with Crippen LogP contribution in [0.2, 0.25) is 0 Å². The lowest BCUT2D eigenvalue weighted by atomic mass is 10.1. The van der Waals surface area contributed by atoms with Crippen molar-refractivity contribution in [2.24, 2.45) is 0 Å². The van der Waals surface area contributed by atoms with E-state index < -0.39 is 10.5 Å². The highest BCUT2D eigenvalue weighted by atomic mass is 16.6. The summed E-state index contributed by atoms with van der Waals surface area (Å²) in [7, 11) is 0. The van der Waals surface area contributed by atoms with Crippen molar-refractivity contribution in [3.05, 3.63) is 58.0 Å². The largest absolute Gasteiger partial charge is 0.487 e. The Balaban J connectivity index is 1.37. The summed E-state index contributed by atoms with van der Waals surface area (Å²) in [4.78, 5) is 14.1. The number of imidazole rings is 1. The summed E-state index contributed by atoms with van der Waals surface area (Å²) in [5, 5.41) is 19.0. The molecular weight excluding hydrogens is 352 g/mol. The van der Waals surface area contributed by atoms with E-state index >= 15 is 0 Å². The van der Waals surface area contributed by atoms with Gasteiger partial charge in [0.1, 0.15) is 29.8 Å². The van der Waals surface area contributed by atoms with Gasteiger partial charge in [0, 0.05) is 4.98 Å². The molecule has 0 bridgehead atoms. The molecule has 3 heterocycles. The summed E-state index contributed by atoms with van der Waals surface area (Å²) in [6.45, 7) is 5.09. The molecule has 3 aromatic rings. The number of nitro groups is 1. The third-order valence-electron chi connectivity index (χ3n) is 4.22. The van der Waals surface area contributed by atoms with Gasteiger partial charge in [0.05, 0.1) is 19.3 Å². The molecule has 0 spiro atoms. The number of aryl methyl sites for hydroxylation is 1. The van der Waals surface area contributed by atoms with E-state index in [2.05, 4.69) is 15.3 Å². The molecule has 0 saturated heterocycles. The van der Waals surface area contributed by atoms with Crippen LogP contribution >= 0.6 is 0 Å². The lowest BCUT2D eigenvalue weighted by Gasteiger charge is -2.21. The minimum atomic E-state index is -0.611. The number of benzene rings is 1. The van der Waals surface area contributed by atoms with Crippen LogP contribution in [-0.2, 0) is 19.7 Å². The number of nitrogens with zero attached hydrogens (tertiary/aromatic N) is 6. The average Bonchev–Trinajstić information content (AvgIpc) is 3.26. The molecule has 0 N–H and O–H groups in total. The Morgan fingerprint density at radius 1 is 1.41 bits per heavy atom. The van der Waals surface area contributed by atoms with E-state index in [0.29, 0.717) is 25.4 Å². The molecule has 1 aliphatic rings. The molecule has 10 heteroatoms. The van der Waals surface area contributed by atoms with Crippen LogP contribution < -0.4 is 9.47 Å². The summed E-state index contributed by atoms with van der Waals surface area (Å²) in [5.74, 6) is 0.561. The van der Waals surface area contributed by atoms with Gasteiger partial charge >= 0.3 is 11.8 Å². The predicted molar refractivity (Wildman–Crippen MR) is 93.4 cm³/mol. The maximum absolute atomic E-state index is 10.8. The minimum Gasteiger partial charge on any atom is -0.487 e. The summed E-state index contributed by atoms with van der Waals surface area (Å²) in [5.41, 5.74) is 1.21. The predicted octanol–water partition coefficient (Wildman–Crippen LogP) is 2.12. The lowest BCUT2D eigenvalue weighted by molar-refractivity contribution is -0.389. The zero-order valence-electron chi connectivity index (χ0n) is 14.9. The Bertz CT molecular complexity index is 971. The summed E-state index contributed by atoms with van der Waals surface area (Å²) >= 11 is 0. The van der Waals surface area contributed by atoms with Gasteiger partial charge in [-0.15, -0.1) is 5.10 Å². The van der Waals surface area contributed by atoms with Gasteiger partial charge < -0.3 is 19.6 Å². The van der Waals surface area contributed by atoms with Crippen molar-refractivity contribution in [1.29, 1.82) is 0 Å². The Morgan fingerprint density at radius 3 is 3.00 bits per heavy atom. The van der Waals surface area contributed by atoms with E-state index in [9.17, 15) is 10.1 Å². The van der Waals surface area contributed by atoms with E-state index in [1.165, 1.54) is 6.20 Å². The van der Waals surface area contributed by atoms with Crippen molar-refractivity contribution in [1.82, 2.24) is 24.5 Å². The molecule has 1 aromatic carbocycles. The minimum absolute atomic E-state index is 0.219. The van der Waals surface area contributed by atoms with E-state index in [1.54, 1.807) is 15.4 Å². The maximum Gasteiger partial charge on any atom is 0.415 e. The molecular formula is C17H18N6O4. The third kappa shape index (κ3) is 3.59. The van der Waals surface area contributed by atoms with Crippen molar-refractivity contribution in [3.8, 4) is 11.8 Å². The van der Waals surface area contributed by atoms with E-state index in [-0.39, 0.29) is 11.8 Å². The number of hydrogen-bond acceptors (Lipinski definition) is 7. The number of hydrogen-bond donors (Lipinski definition) is 0. The number of aromatic nitrogens is 5. The lowest BCUT2D eigenvalue weighted by Crippen LogP contribution is -2.36. The van der Waals surface area contributed by atoms with Crippen molar-refractivity contribution >= 4 is 5.82 Å². The smallest absolute Gasteiger partial charge is 0.415 e. The standard InChI is InChI=1S/C17H18N6O4/c1-12-4-3-5-14(6-12)26-9-13-7-22(20-19-13)11-17(2)10-21-8-15(23(24)25)18-16(21)27-17/h3-8H,9-11H2,1-2H3/t17-/m1/s1. The second-order valence-corrected chi connectivity index (χ2v) is 6.83. The summed E-state index contributed by atoms with van der Waals surface area (Å²) < 4.78 is 14.9. The topological polar surface area (TPSA) is 110 Å². The Labute approximate surface area is 154 Å². The second kappa shape index (κ2) is 6.38. The molecule has 1 aliphatic heterocycles. The first-order chi connectivity index (χ1) is 12.9. The molecule has 0 amide bonds. The van der Waals surface area contributed by atoms with Gasteiger partial charge in [-0.05, 0) is 36.5 Å². The maximum atomic E-state index is 10.8. The molecule has 0 radical (unpaired) electrons. The number of ether oxygens (including phenoxy) is 2. The summed E-state index contributed by atoms with van der Waals surface area (Å²) in [6, 6.07) is 8.04. The molecule has 10 nitrogen and oxygen atoms in total. The average molecular weight is 370 g/mol. The van der Waals surface area contributed by atoms with E-state index in [4.69, 9.17) is 9.47 Å². The fraction of sp³-hybridized carbons (Fsp3) is 0.353. The van der Waals surface area contributed by atoms with E-state index in [0.717, 1.165) is 11.3 Å². The Hall–Kier alpha value is -3.43. The molecule has 0 fully saturated rings. The van der Waals surface area contributed by atoms with Crippen molar-refractivity contribution in [2.45, 2.75) is 39.1 Å². The first-order valence-electron chi connectivity index (χ1n) is 8.39. The van der Waals surface area contributed by atoms with Gasteiger partial charge in [0.2, 0.25) is 0 Å². The van der Waals surface area contributed by atoms with Gasteiger partial charge in [0.15, 0.2) is 0 Å². The fourth-order valence-electron chi connectivity index (χ4n) is 3.05. The Morgan fingerprint density at radius 2 is 2.26 bits per heavy atom. The number of rotatable bonds is 6. The summed E-state index contributed by atoms with van der Waals surface area (Å²) in [6.07, 6.45) is 3.18. The SMILES string of the molecule is Cc1cccc(OCc2cn(C[C@@]3(C)Cn4cc([N+](=O)[O-])nc4O3)nn2)c1. The highest BCUT2D eigenvalue weighted by Crippen LogP contribution is 2.31. The van der Waals surface area contributed by atoms with Gasteiger partial charge in [-0.1, -0.05) is 17.3 Å². The molecule has 2 aromatic heterocycles. The zero-order valence-corrected chi connectivity index (χ0v) is 14.9. The zero-order chi connectivity index (χ0) is 19.0. The molecule has 0 saturated carbocycles. The molecule has 27 heavy (non-hydrogen) atoms. The molecule has 1 atom stereocenters. The van der Waals surface area contributed by atoms with E-state index in [1.807, 2.05) is 38.1 Å². The first kappa shape index (κ1) is 17.0. The Kier molecular flexibility index (Phi) is 4.02. The van der Waals surface area contributed by atoms with Crippen LogP contribution in [0.4, 0.5) is 5.82 Å². The van der Waals surface area contributed by atoms with Gasteiger partial charge in [-0.2, -0.15) is 0 Å². The van der Waals surface area contributed by atoms with Crippen LogP contribution in [0.25, 0.3) is 0 Å². The van der Waals surface area contributed by atoms with Gasteiger partial charge in [-0.25, -0.2) is 4.68 Å². The monoisotopic (exact) mass is 370 g/mol. The van der Waals surface area contributed by atoms with Crippen LogP contribution in [0, 0.1) is 17.0 Å².